The van der Waals surface area contributed by atoms with Crippen LogP contribution in [0.15, 0.2) is 0 Å². The van der Waals surface area contributed by atoms with E-state index >= 15 is 0 Å². The van der Waals surface area contributed by atoms with Crippen LogP contribution in [-0.4, -0.2) is 30.3 Å². The van der Waals surface area contributed by atoms with Crippen LogP contribution in [0, 0.1) is 17.3 Å². The molecule has 0 aromatic carbocycles. The molecule has 2 fully saturated rings. The molecule has 2 rings (SSSR count). The summed E-state index contributed by atoms with van der Waals surface area (Å²) in [5.74, 6) is 1.95. The maximum Gasteiger partial charge on any atom is 0.146 e. The molecule has 1 heterocycles. The number of carbonyl (C=O) groups excluding carboxylic acids is 1. The lowest BCUT2D eigenvalue weighted by molar-refractivity contribution is -0.120. The molecule has 0 aromatic rings. The molecule has 2 aliphatic rings. The van der Waals surface area contributed by atoms with E-state index < -0.39 is 0 Å². The summed E-state index contributed by atoms with van der Waals surface area (Å²) in [6.07, 6.45) is 5.29. The Morgan fingerprint density at radius 2 is 1.88 bits per heavy atom. The average molecular weight is 223 g/mol. The maximum atomic E-state index is 11.5. The van der Waals surface area contributed by atoms with Gasteiger partial charge in [-0.25, -0.2) is 0 Å². The quantitative estimate of drug-likeness (QED) is 0.733. The zero-order valence-electron chi connectivity index (χ0n) is 11.1. The average Bonchev–Trinajstić information content (AvgIpc) is 2.43. The highest BCUT2D eigenvalue weighted by Gasteiger charge is 2.45. The van der Waals surface area contributed by atoms with Crippen molar-refractivity contribution >= 4 is 5.78 Å². The molecular formula is C14H25NO. The monoisotopic (exact) mass is 223 g/mol. The Kier molecular flexibility index (Phi) is 3.13. The molecule has 92 valence electrons. The number of ketones is 1. The van der Waals surface area contributed by atoms with E-state index in [0.717, 1.165) is 18.9 Å². The first-order valence-corrected chi connectivity index (χ1v) is 6.63. The number of rotatable bonds is 3. The van der Waals surface area contributed by atoms with Crippen LogP contribution < -0.4 is 0 Å². The Hall–Kier alpha value is -0.370. The Balaban J connectivity index is 2.03. The fraction of sp³-hybridized carbons (Fsp3) is 0.929. The third-order valence-electron chi connectivity index (χ3n) is 5.23. The molecule has 16 heavy (non-hydrogen) atoms. The van der Waals surface area contributed by atoms with E-state index in [9.17, 15) is 4.79 Å². The lowest BCUT2D eigenvalue weighted by atomic mass is 9.61. The van der Waals surface area contributed by atoms with E-state index in [2.05, 4.69) is 25.8 Å². The summed E-state index contributed by atoms with van der Waals surface area (Å²) in [4.78, 5) is 13.8. The van der Waals surface area contributed by atoms with E-state index in [-0.39, 0.29) is 6.04 Å². The number of hydrogen-bond donors (Lipinski definition) is 0. The first-order valence-electron chi connectivity index (χ1n) is 6.63. The van der Waals surface area contributed by atoms with E-state index in [4.69, 9.17) is 0 Å². The van der Waals surface area contributed by atoms with Gasteiger partial charge >= 0.3 is 0 Å². The number of likely N-dealkylation sites (tertiary alicyclic amines) is 1. The molecule has 2 nitrogen and oxygen atoms in total. The maximum absolute atomic E-state index is 11.5. The molecule has 0 N–H and O–H groups in total. The Bertz CT molecular complexity index is 280. The molecule has 1 aliphatic carbocycles. The molecule has 0 unspecified atom stereocenters. The Morgan fingerprint density at radius 3 is 2.25 bits per heavy atom. The molecule has 0 bridgehead atoms. The minimum absolute atomic E-state index is 0.185. The zero-order valence-corrected chi connectivity index (χ0v) is 11.1. The van der Waals surface area contributed by atoms with Crippen LogP contribution in [0.3, 0.4) is 0 Å². The van der Waals surface area contributed by atoms with Gasteiger partial charge in [0.2, 0.25) is 0 Å². The molecule has 1 saturated heterocycles. The molecule has 0 radical (unpaired) electrons. The van der Waals surface area contributed by atoms with Crippen LogP contribution in [0.4, 0.5) is 0 Å². The van der Waals surface area contributed by atoms with Gasteiger partial charge in [-0.15, -0.1) is 0 Å². The molecule has 0 spiro atoms. The lowest BCUT2D eigenvalue weighted by Crippen LogP contribution is -2.37. The molecule has 2 atom stereocenters. The van der Waals surface area contributed by atoms with Crippen molar-refractivity contribution in [3.63, 3.8) is 0 Å². The van der Waals surface area contributed by atoms with Gasteiger partial charge in [-0.3, -0.25) is 9.69 Å². The minimum atomic E-state index is 0.185. The summed E-state index contributed by atoms with van der Waals surface area (Å²) in [6, 6.07) is 0.185. The Labute approximate surface area is 99.4 Å². The summed E-state index contributed by atoms with van der Waals surface area (Å²) in [6.45, 7) is 7.67. The van der Waals surface area contributed by atoms with Crippen LogP contribution in [-0.2, 0) is 4.79 Å². The summed E-state index contributed by atoms with van der Waals surface area (Å²) < 4.78 is 0. The molecule has 0 aromatic heterocycles. The van der Waals surface area contributed by atoms with Gasteiger partial charge in [0.15, 0.2) is 0 Å². The highest BCUT2D eigenvalue weighted by atomic mass is 16.1. The number of likely N-dealkylation sites (N-methyl/N-ethyl adjacent to an activating group) is 1. The van der Waals surface area contributed by atoms with Crippen molar-refractivity contribution in [3.8, 4) is 0 Å². The van der Waals surface area contributed by atoms with Gasteiger partial charge in [0.25, 0.3) is 0 Å². The largest absolute Gasteiger partial charge is 0.298 e. The van der Waals surface area contributed by atoms with E-state index in [1.54, 1.807) is 6.92 Å². The summed E-state index contributed by atoms with van der Waals surface area (Å²) in [5.41, 5.74) is 0.427. The summed E-state index contributed by atoms with van der Waals surface area (Å²) >= 11 is 0. The molecular weight excluding hydrogens is 198 g/mol. The topological polar surface area (TPSA) is 20.3 Å². The fourth-order valence-electron chi connectivity index (χ4n) is 3.50. The molecule has 2 heteroatoms. The van der Waals surface area contributed by atoms with Gasteiger partial charge in [-0.2, -0.15) is 0 Å². The second-order valence-corrected chi connectivity index (χ2v) is 6.45. The highest BCUT2D eigenvalue weighted by molar-refractivity contribution is 5.81. The summed E-state index contributed by atoms with van der Waals surface area (Å²) in [5, 5.41) is 0. The molecule has 0 amide bonds. The van der Waals surface area contributed by atoms with Gasteiger partial charge in [0, 0.05) is 6.54 Å². The van der Waals surface area contributed by atoms with E-state index in [1.165, 1.54) is 19.3 Å². The normalized spacial score (nSPS) is 32.8. The van der Waals surface area contributed by atoms with Crippen LogP contribution in [0.2, 0.25) is 0 Å². The SMILES string of the molecule is CC(=O)[C@@H]1C[C@@H](C(C)(C)C2CCC2)CN1C. The van der Waals surface area contributed by atoms with Gasteiger partial charge in [0.1, 0.15) is 5.78 Å². The number of nitrogens with zero attached hydrogens (tertiary/aromatic N) is 1. The van der Waals surface area contributed by atoms with Gasteiger partial charge < -0.3 is 0 Å². The standard InChI is InChI=1S/C14H25NO/c1-10(16)13-8-12(9-15(13)4)14(2,3)11-6-5-7-11/h11-13H,5-9H2,1-4H3/t12-,13+/m1/s1. The number of hydrogen-bond acceptors (Lipinski definition) is 2. The fourth-order valence-corrected chi connectivity index (χ4v) is 3.50. The van der Waals surface area contributed by atoms with E-state index in [0.29, 0.717) is 17.1 Å². The second kappa shape index (κ2) is 4.14. The van der Waals surface area contributed by atoms with Crippen LogP contribution >= 0.6 is 0 Å². The number of Topliss-reactive ketones (excluding diaryl/α,β-unsaturated/α-hetero) is 1. The van der Waals surface area contributed by atoms with Crippen molar-refractivity contribution in [2.24, 2.45) is 17.3 Å². The lowest BCUT2D eigenvalue weighted by Gasteiger charge is -2.44. The first-order chi connectivity index (χ1) is 7.43. The third kappa shape index (κ3) is 1.92. The van der Waals surface area contributed by atoms with Crippen molar-refractivity contribution < 1.29 is 4.79 Å². The van der Waals surface area contributed by atoms with Gasteiger partial charge in [-0.1, -0.05) is 20.3 Å². The highest BCUT2D eigenvalue weighted by Crippen LogP contribution is 2.49. The van der Waals surface area contributed by atoms with Crippen molar-refractivity contribution in [3.05, 3.63) is 0 Å². The van der Waals surface area contributed by atoms with Crippen molar-refractivity contribution in [1.29, 1.82) is 0 Å². The van der Waals surface area contributed by atoms with Crippen molar-refractivity contribution in [1.82, 2.24) is 4.90 Å². The molecule has 1 aliphatic heterocycles. The second-order valence-electron chi connectivity index (χ2n) is 6.45. The predicted molar refractivity (Wildman–Crippen MR) is 66.3 cm³/mol. The first kappa shape index (κ1) is 12.1. The van der Waals surface area contributed by atoms with Crippen molar-refractivity contribution in [2.45, 2.75) is 52.5 Å². The van der Waals surface area contributed by atoms with Gasteiger partial charge in [0.05, 0.1) is 6.04 Å². The predicted octanol–water partition coefficient (Wildman–Crippen LogP) is 2.72. The van der Waals surface area contributed by atoms with Crippen LogP contribution in [0.1, 0.15) is 46.5 Å². The Morgan fingerprint density at radius 1 is 1.25 bits per heavy atom. The zero-order chi connectivity index (χ0) is 11.9. The van der Waals surface area contributed by atoms with Crippen LogP contribution in [0.25, 0.3) is 0 Å². The number of carbonyl (C=O) groups is 1. The summed E-state index contributed by atoms with van der Waals surface area (Å²) in [7, 11) is 2.10. The minimum Gasteiger partial charge on any atom is -0.298 e. The smallest absolute Gasteiger partial charge is 0.146 e. The van der Waals surface area contributed by atoms with E-state index in [1.807, 2.05) is 0 Å². The van der Waals surface area contributed by atoms with Gasteiger partial charge in [-0.05, 0) is 50.5 Å². The van der Waals surface area contributed by atoms with Crippen LogP contribution in [0.5, 0.6) is 0 Å². The molecule has 1 saturated carbocycles. The third-order valence-corrected chi connectivity index (χ3v) is 5.23. The van der Waals surface area contributed by atoms with Crippen molar-refractivity contribution in [2.75, 3.05) is 13.6 Å².